The van der Waals surface area contributed by atoms with Crippen LogP contribution in [0.1, 0.15) is 44.1 Å². The van der Waals surface area contributed by atoms with Gasteiger partial charge in [0.2, 0.25) is 5.91 Å². The predicted octanol–water partition coefficient (Wildman–Crippen LogP) is 2.80. The lowest BCUT2D eigenvalue weighted by molar-refractivity contribution is -0.136. The molecule has 1 saturated carbocycles. The van der Waals surface area contributed by atoms with Gasteiger partial charge in [-0.3, -0.25) is 18.7 Å². The number of hydrogen-bond acceptors (Lipinski definition) is 4. The molecule has 0 aliphatic heterocycles. The lowest BCUT2D eigenvalue weighted by Crippen LogP contribution is -2.51. The Bertz CT molecular complexity index is 1130. The molecule has 7 nitrogen and oxygen atoms in total. The minimum Gasteiger partial charge on any atom is -0.368 e. The molecule has 3 rings (SSSR count). The summed E-state index contributed by atoms with van der Waals surface area (Å²) in [6.45, 7) is 0. The van der Waals surface area contributed by atoms with Gasteiger partial charge in [-0.15, -0.1) is 0 Å². The van der Waals surface area contributed by atoms with E-state index in [4.69, 9.17) is 5.73 Å². The van der Waals surface area contributed by atoms with Crippen molar-refractivity contribution in [3.63, 3.8) is 0 Å². The third-order valence-corrected chi connectivity index (χ3v) is 6.26. The van der Waals surface area contributed by atoms with Gasteiger partial charge in [0.05, 0.1) is 16.0 Å². The van der Waals surface area contributed by atoms with Crippen LogP contribution in [0.4, 0.5) is 13.2 Å². The zero-order valence-corrected chi connectivity index (χ0v) is 16.0. The number of nitrogens with zero attached hydrogens (tertiary/aromatic N) is 1. The van der Waals surface area contributed by atoms with Gasteiger partial charge in [-0.1, -0.05) is 25.7 Å². The Morgan fingerprint density at radius 2 is 1.69 bits per heavy atom. The summed E-state index contributed by atoms with van der Waals surface area (Å²) < 4.78 is 73.8. The number of carbonyl (C=O) groups is 1. The maximum absolute atomic E-state index is 13.6. The van der Waals surface area contributed by atoms with Gasteiger partial charge in [-0.2, -0.15) is 21.6 Å². The van der Waals surface area contributed by atoms with E-state index in [-0.39, 0.29) is 18.4 Å². The Hall–Kier alpha value is -2.40. The van der Waals surface area contributed by atoms with Crippen molar-refractivity contribution in [3.8, 4) is 0 Å². The number of carbonyl (C=O) groups excluding carboxylic acids is 1. The van der Waals surface area contributed by atoms with Crippen LogP contribution in [0.3, 0.4) is 0 Å². The Balaban J connectivity index is 2.47. The fourth-order valence-electron chi connectivity index (χ4n) is 4.04. The van der Waals surface area contributed by atoms with Crippen molar-refractivity contribution in [1.29, 1.82) is 0 Å². The maximum atomic E-state index is 13.6. The normalized spacial score (nSPS) is 17.8. The van der Waals surface area contributed by atoms with E-state index in [9.17, 15) is 35.7 Å². The summed E-state index contributed by atoms with van der Waals surface area (Å²) in [7, 11) is -4.79. The number of primary amides is 1. The van der Waals surface area contributed by atoms with Crippen LogP contribution in [0.25, 0.3) is 10.9 Å². The van der Waals surface area contributed by atoms with Gasteiger partial charge in [0.1, 0.15) is 5.54 Å². The average molecular weight is 432 g/mol. The first kappa shape index (κ1) is 21.3. The van der Waals surface area contributed by atoms with E-state index >= 15 is 0 Å². The van der Waals surface area contributed by atoms with Crippen LogP contribution in [-0.2, 0) is 26.6 Å². The van der Waals surface area contributed by atoms with E-state index in [2.05, 4.69) is 0 Å². The SMILES string of the molecule is NC(=O)C1(n2c(=O)cc(C(F)(F)F)c3cc(S(=O)(=O)O)ccc32)CCCCCC1. The second-order valence-corrected chi connectivity index (χ2v) is 8.62. The second-order valence-electron chi connectivity index (χ2n) is 7.19. The van der Waals surface area contributed by atoms with Crippen LogP contribution in [0.5, 0.6) is 0 Å². The number of benzene rings is 1. The third kappa shape index (κ3) is 3.76. The number of alkyl halides is 3. The molecule has 1 aromatic heterocycles. The molecule has 2 aromatic rings. The lowest BCUT2D eigenvalue weighted by atomic mass is 9.87. The molecular weight excluding hydrogens is 413 g/mol. The van der Waals surface area contributed by atoms with Gasteiger partial charge >= 0.3 is 6.18 Å². The molecule has 158 valence electrons. The highest BCUT2D eigenvalue weighted by atomic mass is 32.2. The number of aromatic nitrogens is 1. The summed E-state index contributed by atoms with van der Waals surface area (Å²) in [5, 5.41) is -0.614. The highest BCUT2D eigenvalue weighted by Gasteiger charge is 2.42. The second kappa shape index (κ2) is 7.13. The first-order valence-electron chi connectivity index (χ1n) is 8.93. The van der Waals surface area contributed by atoms with E-state index in [0.717, 1.165) is 29.5 Å². The number of halogens is 3. The van der Waals surface area contributed by atoms with Gasteiger partial charge in [-0.25, -0.2) is 0 Å². The van der Waals surface area contributed by atoms with Gasteiger partial charge < -0.3 is 5.73 Å². The average Bonchev–Trinajstić information content (AvgIpc) is 2.85. The fourth-order valence-corrected chi connectivity index (χ4v) is 4.55. The summed E-state index contributed by atoms with van der Waals surface area (Å²) in [4.78, 5) is 24.5. The number of rotatable bonds is 3. The number of amides is 1. The van der Waals surface area contributed by atoms with Crippen LogP contribution < -0.4 is 11.3 Å². The van der Waals surface area contributed by atoms with Crippen LogP contribution >= 0.6 is 0 Å². The first-order valence-corrected chi connectivity index (χ1v) is 10.4. The monoisotopic (exact) mass is 432 g/mol. The summed E-state index contributed by atoms with van der Waals surface area (Å²) in [5.74, 6) is -0.832. The Kier molecular flexibility index (Phi) is 5.24. The zero-order chi connectivity index (χ0) is 21.6. The molecule has 0 unspecified atom stereocenters. The first-order chi connectivity index (χ1) is 13.4. The Morgan fingerprint density at radius 3 is 2.17 bits per heavy atom. The molecule has 1 aliphatic carbocycles. The lowest BCUT2D eigenvalue weighted by Gasteiger charge is -2.33. The van der Waals surface area contributed by atoms with Gasteiger partial charge in [0.25, 0.3) is 15.7 Å². The molecule has 0 spiro atoms. The largest absolute Gasteiger partial charge is 0.417 e. The van der Waals surface area contributed by atoms with Crippen molar-refractivity contribution < 1.29 is 30.9 Å². The molecule has 11 heteroatoms. The number of nitrogens with two attached hydrogens (primary N) is 1. The van der Waals surface area contributed by atoms with Crippen LogP contribution in [0, 0.1) is 0 Å². The molecule has 3 N–H and O–H groups in total. The van der Waals surface area contributed by atoms with Crippen LogP contribution in [0.2, 0.25) is 0 Å². The van der Waals surface area contributed by atoms with Crippen LogP contribution in [-0.4, -0.2) is 23.4 Å². The van der Waals surface area contributed by atoms with Crippen molar-refractivity contribution in [2.75, 3.05) is 0 Å². The highest BCUT2D eigenvalue weighted by molar-refractivity contribution is 7.85. The standard InChI is InChI=1S/C18H19F3N2O5S/c19-18(20,21)13-10-15(24)23(17(16(22)25)7-3-1-2-4-8-17)14-6-5-11(9-12(13)14)29(26,27)28/h5-6,9-10H,1-4,7-8H2,(H2,22,25)(H,26,27,28). The minimum absolute atomic E-state index is 0.183. The molecule has 1 aromatic carbocycles. The molecule has 0 bridgehead atoms. The summed E-state index contributed by atoms with van der Waals surface area (Å²) in [6.07, 6.45) is -1.91. The Morgan fingerprint density at radius 1 is 1.10 bits per heavy atom. The molecular formula is C18H19F3N2O5S. The van der Waals surface area contributed by atoms with E-state index < -0.39 is 49.1 Å². The summed E-state index contributed by atoms with van der Waals surface area (Å²) in [5.41, 5.74) is 1.44. The quantitative estimate of drug-likeness (QED) is 0.571. The summed E-state index contributed by atoms with van der Waals surface area (Å²) >= 11 is 0. The predicted molar refractivity (Wildman–Crippen MR) is 97.9 cm³/mol. The molecule has 0 radical (unpaired) electrons. The van der Waals surface area contributed by atoms with Crippen molar-refractivity contribution >= 4 is 26.9 Å². The van der Waals surface area contributed by atoms with Crippen molar-refractivity contribution in [3.05, 3.63) is 40.2 Å². The van der Waals surface area contributed by atoms with Gasteiger partial charge in [0, 0.05) is 11.5 Å². The van der Waals surface area contributed by atoms with E-state index in [0.29, 0.717) is 25.0 Å². The number of pyridine rings is 1. The number of hydrogen-bond donors (Lipinski definition) is 2. The Labute approximate surface area is 164 Å². The molecule has 1 aliphatic rings. The molecule has 1 amide bonds. The smallest absolute Gasteiger partial charge is 0.368 e. The fraction of sp³-hybridized carbons (Fsp3) is 0.444. The summed E-state index contributed by atoms with van der Waals surface area (Å²) in [6, 6.07) is 2.87. The van der Waals surface area contributed by atoms with Gasteiger partial charge in [-0.05, 0) is 31.0 Å². The van der Waals surface area contributed by atoms with Crippen LogP contribution in [0.15, 0.2) is 34.0 Å². The van der Waals surface area contributed by atoms with Crippen molar-refractivity contribution in [2.24, 2.45) is 5.73 Å². The minimum atomic E-state index is -4.96. The third-order valence-electron chi connectivity index (χ3n) is 5.41. The molecule has 0 saturated heterocycles. The molecule has 29 heavy (non-hydrogen) atoms. The number of fused-ring (bicyclic) bond motifs is 1. The molecule has 1 fully saturated rings. The van der Waals surface area contributed by atoms with Crippen molar-refractivity contribution in [1.82, 2.24) is 4.57 Å². The maximum Gasteiger partial charge on any atom is 0.417 e. The van der Waals surface area contributed by atoms with Crippen molar-refractivity contribution in [2.45, 2.75) is 55.1 Å². The van der Waals surface area contributed by atoms with E-state index in [1.165, 1.54) is 0 Å². The van der Waals surface area contributed by atoms with Gasteiger partial charge in [0.15, 0.2) is 0 Å². The molecule has 0 atom stereocenters. The molecule has 1 heterocycles. The zero-order valence-electron chi connectivity index (χ0n) is 15.2. The van der Waals surface area contributed by atoms with E-state index in [1.807, 2.05) is 0 Å². The topological polar surface area (TPSA) is 119 Å². The highest BCUT2D eigenvalue weighted by Crippen LogP contribution is 2.39. The van der Waals surface area contributed by atoms with E-state index in [1.54, 1.807) is 0 Å².